The van der Waals surface area contributed by atoms with Gasteiger partial charge in [-0.25, -0.2) is 17.5 Å². The van der Waals surface area contributed by atoms with Crippen molar-refractivity contribution in [2.75, 3.05) is 13.6 Å². The molecule has 0 aliphatic carbocycles. The van der Waals surface area contributed by atoms with E-state index < -0.39 is 20.7 Å². The second kappa shape index (κ2) is 7.75. The Bertz CT molecular complexity index is 543. The topological polar surface area (TPSA) is 58.2 Å². The van der Waals surface area contributed by atoms with E-state index >= 15 is 0 Å². The first-order valence-electron chi connectivity index (χ1n) is 5.09. The molecule has 0 fully saturated rings. The maximum absolute atomic E-state index is 13.6. The molecule has 0 aliphatic rings. The average molecular weight is 396 g/mol. The Morgan fingerprint density at radius 1 is 1.47 bits per heavy atom. The minimum atomic E-state index is -3.91. The van der Waals surface area contributed by atoms with Crippen LogP contribution < -0.4 is 10.0 Å². The predicted octanol–water partition coefficient (Wildman–Crippen LogP) is 2.55. The molecular formula is C10H14BrCl2FN2O2S. The summed E-state index contributed by atoms with van der Waals surface area (Å²) in [6.45, 7) is 1.96. The third-order valence-corrected chi connectivity index (χ3v) is 4.97. The van der Waals surface area contributed by atoms with Crippen molar-refractivity contribution in [2.24, 2.45) is 0 Å². The van der Waals surface area contributed by atoms with E-state index in [1.54, 1.807) is 14.0 Å². The maximum Gasteiger partial charge on any atom is 0.243 e. The number of sulfonamides is 1. The van der Waals surface area contributed by atoms with Gasteiger partial charge in [-0.05, 0) is 42.0 Å². The molecule has 1 unspecified atom stereocenters. The molecule has 1 aromatic carbocycles. The molecule has 0 spiro atoms. The number of hydrogen-bond acceptors (Lipinski definition) is 3. The van der Waals surface area contributed by atoms with E-state index in [0.717, 1.165) is 12.1 Å². The number of nitrogens with one attached hydrogen (secondary N) is 2. The number of rotatable bonds is 5. The molecule has 1 atom stereocenters. The summed E-state index contributed by atoms with van der Waals surface area (Å²) in [6, 6.07) is 2.04. The van der Waals surface area contributed by atoms with Gasteiger partial charge >= 0.3 is 0 Å². The molecule has 1 rings (SSSR count). The largest absolute Gasteiger partial charge is 0.316 e. The number of halogens is 4. The first kappa shape index (κ1) is 19.1. The zero-order chi connectivity index (χ0) is 13.9. The van der Waals surface area contributed by atoms with Crippen LogP contribution in [0.1, 0.15) is 6.92 Å². The summed E-state index contributed by atoms with van der Waals surface area (Å²) in [4.78, 5) is -0.459. The van der Waals surface area contributed by atoms with Crippen LogP contribution in [0.5, 0.6) is 0 Å². The third-order valence-electron chi connectivity index (χ3n) is 2.34. The minimum absolute atomic E-state index is 0. The smallest absolute Gasteiger partial charge is 0.243 e. The van der Waals surface area contributed by atoms with Crippen LogP contribution in [0.2, 0.25) is 5.02 Å². The highest BCUT2D eigenvalue weighted by atomic mass is 79.9. The van der Waals surface area contributed by atoms with Crippen molar-refractivity contribution in [3.63, 3.8) is 0 Å². The van der Waals surface area contributed by atoms with Gasteiger partial charge < -0.3 is 5.32 Å². The van der Waals surface area contributed by atoms with Gasteiger partial charge in [-0.1, -0.05) is 11.6 Å². The standard InChI is InChI=1S/C10H13BrClFN2O2S.ClH/c1-6(14-2)5-15-18(16,17)10-4-8(12)7(11)3-9(10)13;/h3-4,6,14-15H,5H2,1-2H3;1H. The molecule has 1 aromatic rings. The summed E-state index contributed by atoms with van der Waals surface area (Å²) in [5.41, 5.74) is 0. The van der Waals surface area contributed by atoms with E-state index in [1.807, 2.05) is 0 Å². The van der Waals surface area contributed by atoms with Gasteiger partial charge in [0.15, 0.2) is 0 Å². The SMILES string of the molecule is CNC(C)CNS(=O)(=O)c1cc(Cl)c(Br)cc1F.Cl. The lowest BCUT2D eigenvalue weighted by atomic mass is 10.3. The molecule has 0 saturated carbocycles. The van der Waals surface area contributed by atoms with Gasteiger partial charge in [0.1, 0.15) is 10.7 Å². The van der Waals surface area contributed by atoms with Gasteiger partial charge in [-0.3, -0.25) is 0 Å². The first-order valence-corrected chi connectivity index (χ1v) is 7.75. The minimum Gasteiger partial charge on any atom is -0.316 e. The van der Waals surface area contributed by atoms with Crippen molar-refractivity contribution >= 4 is 50.0 Å². The molecule has 0 aromatic heterocycles. The lowest BCUT2D eigenvalue weighted by Gasteiger charge is -2.12. The van der Waals surface area contributed by atoms with E-state index in [4.69, 9.17) is 11.6 Å². The molecule has 0 radical (unpaired) electrons. The first-order chi connectivity index (χ1) is 8.27. The predicted molar refractivity (Wildman–Crippen MR) is 80.1 cm³/mol. The molecule has 9 heteroatoms. The van der Waals surface area contributed by atoms with Crippen LogP contribution in [0.3, 0.4) is 0 Å². The van der Waals surface area contributed by atoms with E-state index in [9.17, 15) is 12.8 Å². The Kier molecular flexibility index (Phi) is 7.79. The summed E-state index contributed by atoms with van der Waals surface area (Å²) in [5.74, 6) is -0.851. The Morgan fingerprint density at radius 3 is 2.58 bits per heavy atom. The zero-order valence-corrected chi connectivity index (χ0v) is 14.2. The molecule has 4 nitrogen and oxygen atoms in total. The molecular weight excluding hydrogens is 382 g/mol. The van der Waals surface area contributed by atoms with Gasteiger partial charge in [-0.2, -0.15) is 0 Å². The molecule has 0 heterocycles. The van der Waals surface area contributed by atoms with Crippen molar-refractivity contribution in [3.8, 4) is 0 Å². The van der Waals surface area contributed by atoms with Crippen LogP contribution in [0.25, 0.3) is 0 Å². The van der Waals surface area contributed by atoms with Gasteiger partial charge in [0, 0.05) is 17.1 Å². The Balaban J connectivity index is 0.00000324. The van der Waals surface area contributed by atoms with Gasteiger partial charge in [-0.15, -0.1) is 12.4 Å². The summed E-state index contributed by atoms with van der Waals surface area (Å²) in [6.07, 6.45) is 0. The van der Waals surface area contributed by atoms with Gasteiger partial charge in [0.25, 0.3) is 0 Å². The second-order valence-corrected chi connectivity index (χ2v) is 6.74. The van der Waals surface area contributed by atoms with Crippen LogP contribution in [-0.4, -0.2) is 28.1 Å². The second-order valence-electron chi connectivity index (χ2n) is 3.74. The van der Waals surface area contributed by atoms with Crippen LogP contribution in [-0.2, 0) is 10.0 Å². The summed E-state index contributed by atoms with van der Waals surface area (Å²) >= 11 is 8.79. The Morgan fingerprint density at radius 2 is 2.05 bits per heavy atom. The van der Waals surface area contributed by atoms with E-state index in [0.29, 0.717) is 4.47 Å². The summed E-state index contributed by atoms with van der Waals surface area (Å²) in [7, 11) is -2.20. The van der Waals surface area contributed by atoms with Crippen molar-refractivity contribution in [1.29, 1.82) is 0 Å². The molecule has 19 heavy (non-hydrogen) atoms. The van der Waals surface area contributed by atoms with Gasteiger partial charge in [0.05, 0.1) is 5.02 Å². The quantitative estimate of drug-likeness (QED) is 0.753. The van der Waals surface area contributed by atoms with E-state index in [-0.39, 0.29) is 30.0 Å². The lowest BCUT2D eigenvalue weighted by Crippen LogP contribution is -2.37. The molecule has 0 aliphatic heterocycles. The highest BCUT2D eigenvalue weighted by molar-refractivity contribution is 9.10. The van der Waals surface area contributed by atoms with Crippen molar-refractivity contribution < 1.29 is 12.8 Å². The maximum atomic E-state index is 13.6. The van der Waals surface area contributed by atoms with Crippen LogP contribution in [0.4, 0.5) is 4.39 Å². The Hall–Kier alpha value is 0.0800. The van der Waals surface area contributed by atoms with Crippen molar-refractivity contribution in [3.05, 3.63) is 27.4 Å². The summed E-state index contributed by atoms with van der Waals surface area (Å²) < 4.78 is 40.0. The van der Waals surface area contributed by atoms with E-state index in [1.165, 1.54) is 0 Å². The van der Waals surface area contributed by atoms with Crippen LogP contribution >= 0.6 is 39.9 Å². The van der Waals surface area contributed by atoms with E-state index in [2.05, 4.69) is 26.0 Å². The van der Waals surface area contributed by atoms with Gasteiger partial charge in [0.2, 0.25) is 10.0 Å². The molecule has 2 N–H and O–H groups in total. The molecule has 0 amide bonds. The number of likely N-dealkylation sites (N-methyl/N-ethyl adjacent to an activating group) is 1. The highest BCUT2D eigenvalue weighted by Gasteiger charge is 2.21. The Labute approximate surface area is 131 Å². The lowest BCUT2D eigenvalue weighted by molar-refractivity contribution is 0.540. The fourth-order valence-electron chi connectivity index (χ4n) is 1.12. The zero-order valence-electron chi connectivity index (χ0n) is 10.2. The number of hydrogen-bond donors (Lipinski definition) is 2. The van der Waals surface area contributed by atoms with Crippen molar-refractivity contribution in [1.82, 2.24) is 10.0 Å². The monoisotopic (exact) mass is 394 g/mol. The normalized spacial score (nSPS) is 12.9. The molecule has 0 saturated heterocycles. The van der Waals surface area contributed by atoms with Crippen LogP contribution in [0.15, 0.2) is 21.5 Å². The average Bonchev–Trinajstić information content (AvgIpc) is 2.30. The highest BCUT2D eigenvalue weighted by Crippen LogP contribution is 2.27. The third kappa shape index (κ3) is 5.17. The van der Waals surface area contributed by atoms with Crippen LogP contribution in [0, 0.1) is 5.82 Å². The molecule has 0 bridgehead atoms. The molecule has 110 valence electrons. The fourth-order valence-corrected chi connectivity index (χ4v) is 2.88. The van der Waals surface area contributed by atoms with Crippen molar-refractivity contribution in [2.45, 2.75) is 17.9 Å². The number of benzene rings is 1. The summed E-state index contributed by atoms with van der Waals surface area (Å²) in [5, 5.41) is 3.01. The fraction of sp³-hybridized carbons (Fsp3) is 0.400.